The van der Waals surface area contributed by atoms with Crippen LogP contribution in [0.1, 0.15) is 23.9 Å². The molecular weight excluding hydrogens is 420 g/mol. The van der Waals surface area contributed by atoms with E-state index in [-0.39, 0.29) is 11.7 Å². The quantitative estimate of drug-likeness (QED) is 0.412. The van der Waals surface area contributed by atoms with Crippen LogP contribution in [0.3, 0.4) is 0 Å². The summed E-state index contributed by atoms with van der Waals surface area (Å²) in [5.74, 6) is 0.945. The minimum absolute atomic E-state index is 0.100. The number of rotatable bonds is 7. The molecule has 0 spiro atoms. The second-order valence-electron chi connectivity index (χ2n) is 7.55. The molecule has 1 N–H and O–H groups in total. The lowest BCUT2D eigenvalue weighted by Gasteiger charge is -2.09. The summed E-state index contributed by atoms with van der Waals surface area (Å²) in [7, 11) is 0. The van der Waals surface area contributed by atoms with Crippen molar-refractivity contribution in [3.63, 3.8) is 0 Å². The topological polar surface area (TPSA) is 77.6 Å². The molecule has 0 aliphatic heterocycles. The Kier molecular flexibility index (Phi) is 6.41. The second kappa shape index (κ2) is 9.40. The van der Waals surface area contributed by atoms with E-state index in [2.05, 4.69) is 27.5 Å². The summed E-state index contributed by atoms with van der Waals surface area (Å²) in [6.07, 6.45) is 0. The molecule has 32 heavy (non-hydrogen) atoms. The SMILES string of the molecule is CCn1c(SCC(=O)Nc2c(C)nn(-c3ccc(C)cc3)c2C)nnc1-c1ccccc1. The predicted octanol–water partition coefficient (Wildman–Crippen LogP) is 4.81. The average molecular weight is 447 g/mol. The third kappa shape index (κ3) is 4.45. The first kappa shape index (κ1) is 21.8. The van der Waals surface area contributed by atoms with Crippen molar-refractivity contribution in [3.8, 4) is 17.1 Å². The normalized spacial score (nSPS) is 11.0. The Balaban J connectivity index is 1.46. The molecule has 0 atom stereocenters. The highest BCUT2D eigenvalue weighted by atomic mass is 32.2. The first-order valence-electron chi connectivity index (χ1n) is 10.5. The maximum Gasteiger partial charge on any atom is 0.234 e. The van der Waals surface area contributed by atoms with Crippen LogP contribution in [0.5, 0.6) is 0 Å². The first-order chi connectivity index (χ1) is 15.5. The van der Waals surface area contributed by atoms with Gasteiger partial charge in [-0.3, -0.25) is 4.79 Å². The molecule has 0 aliphatic rings. The highest BCUT2D eigenvalue weighted by molar-refractivity contribution is 7.99. The van der Waals surface area contributed by atoms with Crippen molar-refractivity contribution < 1.29 is 4.79 Å². The van der Waals surface area contributed by atoms with Gasteiger partial charge in [-0.25, -0.2) is 4.68 Å². The maximum absolute atomic E-state index is 12.7. The molecule has 0 unspecified atom stereocenters. The van der Waals surface area contributed by atoms with E-state index in [1.165, 1.54) is 17.3 Å². The van der Waals surface area contributed by atoms with Crippen LogP contribution in [0.2, 0.25) is 0 Å². The monoisotopic (exact) mass is 446 g/mol. The van der Waals surface area contributed by atoms with Crippen LogP contribution >= 0.6 is 11.8 Å². The minimum Gasteiger partial charge on any atom is -0.322 e. The average Bonchev–Trinajstić information content (AvgIpc) is 3.34. The van der Waals surface area contributed by atoms with Crippen molar-refractivity contribution in [3.05, 3.63) is 71.5 Å². The van der Waals surface area contributed by atoms with Gasteiger partial charge in [-0.05, 0) is 39.8 Å². The molecule has 7 nitrogen and oxygen atoms in total. The highest BCUT2D eigenvalue weighted by Gasteiger charge is 2.18. The van der Waals surface area contributed by atoms with Gasteiger partial charge in [0, 0.05) is 12.1 Å². The highest BCUT2D eigenvalue weighted by Crippen LogP contribution is 2.26. The molecule has 0 radical (unpaired) electrons. The lowest BCUT2D eigenvalue weighted by molar-refractivity contribution is -0.113. The van der Waals surface area contributed by atoms with Gasteiger partial charge in [0.15, 0.2) is 11.0 Å². The number of anilines is 1. The van der Waals surface area contributed by atoms with E-state index in [9.17, 15) is 4.79 Å². The zero-order valence-corrected chi connectivity index (χ0v) is 19.5. The summed E-state index contributed by atoms with van der Waals surface area (Å²) in [5.41, 5.74) is 5.59. The third-order valence-corrected chi connectivity index (χ3v) is 6.20. The number of benzene rings is 2. The Labute approximate surface area is 191 Å². The van der Waals surface area contributed by atoms with E-state index < -0.39 is 0 Å². The molecule has 0 saturated carbocycles. The number of hydrogen-bond donors (Lipinski definition) is 1. The van der Waals surface area contributed by atoms with Crippen LogP contribution in [-0.2, 0) is 11.3 Å². The Bertz CT molecular complexity index is 1230. The molecule has 1 amide bonds. The van der Waals surface area contributed by atoms with E-state index in [1.807, 2.05) is 84.6 Å². The number of aromatic nitrogens is 5. The fourth-order valence-electron chi connectivity index (χ4n) is 3.55. The Morgan fingerprint density at radius 2 is 1.72 bits per heavy atom. The van der Waals surface area contributed by atoms with Crippen molar-refractivity contribution >= 4 is 23.4 Å². The number of nitrogens with one attached hydrogen (secondary N) is 1. The van der Waals surface area contributed by atoms with Crippen molar-refractivity contribution in [2.45, 2.75) is 39.4 Å². The van der Waals surface area contributed by atoms with Gasteiger partial charge in [-0.15, -0.1) is 10.2 Å². The first-order valence-corrected chi connectivity index (χ1v) is 11.5. The van der Waals surface area contributed by atoms with Crippen molar-refractivity contribution in [1.82, 2.24) is 24.5 Å². The van der Waals surface area contributed by atoms with Crippen LogP contribution in [0, 0.1) is 20.8 Å². The van der Waals surface area contributed by atoms with Crippen LogP contribution in [0.15, 0.2) is 59.8 Å². The van der Waals surface area contributed by atoms with Gasteiger partial charge in [0.05, 0.1) is 28.5 Å². The number of amides is 1. The number of carbonyl (C=O) groups is 1. The van der Waals surface area contributed by atoms with E-state index >= 15 is 0 Å². The number of carbonyl (C=O) groups excluding carboxylic acids is 1. The summed E-state index contributed by atoms with van der Waals surface area (Å²) in [6.45, 7) is 8.69. The number of nitrogens with zero attached hydrogens (tertiary/aromatic N) is 5. The summed E-state index contributed by atoms with van der Waals surface area (Å²) in [6, 6.07) is 18.1. The summed E-state index contributed by atoms with van der Waals surface area (Å²) >= 11 is 1.38. The molecule has 8 heteroatoms. The minimum atomic E-state index is -0.100. The fraction of sp³-hybridized carbons (Fsp3) is 0.250. The Morgan fingerprint density at radius 3 is 2.41 bits per heavy atom. The van der Waals surface area contributed by atoms with Crippen molar-refractivity contribution in [2.24, 2.45) is 0 Å². The van der Waals surface area contributed by atoms with E-state index in [0.29, 0.717) is 0 Å². The molecular formula is C24H26N6OS. The molecule has 2 aromatic carbocycles. The molecule has 0 fully saturated rings. The lowest BCUT2D eigenvalue weighted by atomic mass is 10.2. The van der Waals surface area contributed by atoms with Crippen LogP contribution in [0.25, 0.3) is 17.1 Å². The predicted molar refractivity (Wildman–Crippen MR) is 128 cm³/mol. The van der Waals surface area contributed by atoms with Crippen LogP contribution < -0.4 is 5.32 Å². The van der Waals surface area contributed by atoms with Crippen LogP contribution in [-0.4, -0.2) is 36.2 Å². The maximum atomic E-state index is 12.7. The van der Waals surface area contributed by atoms with Crippen molar-refractivity contribution in [2.75, 3.05) is 11.1 Å². The molecule has 164 valence electrons. The summed E-state index contributed by atoms with van der Waals surface area (Å²) in [5, 5.41) is 17.0. The Morgan fingerprint density at radius 1 is 1.00 bits per heavy atom. The van der Waals surface area contributed by atoms with Gasteiger partial charge in [-0.2, -0.15) is 5.10 Å². The largest absolute Gasteiger partial charge is 0.322 e. The smallest absolute Gasteiger partial charge is 0.234 e. The fourth-order valence-corrected chi connectivity index (χ4v) is 4.35. The third-order valence-electron chi connectivity index (χ3n) is 5.23. The van der Waals surface area contributed by atoms with Gasteiger partial charge >= 0.3 is 0 Å². The summed E-state index contributed by atoms with van der Waals surface area (Å²) in [4.78, 5) is 12.7. The van der Waals surface area contributed by atoms with Gasteiger partial charge in [-0.1, -0.05) is 59.8 Å². The van der Waals surface area contributed by atoms with E-state index in [1.54, 1.807) is 0 Å². The molecule has 4 aromatic rings. The standard InChI is InChI=1S/C24H26N6OS/c1-5-29-23(19-9-7-6-8-10-19)26-27-24(29)32-15-21(31)25-22-17(3)28-30(18(22)4)20-13-11-16(2)12-14-20/h6-14H,5,15H2,1-4H3,(H,25,31). The molecule has 2 aromatic heterocycles. The number of thioether (sulfide) groups is 1. The second-order valence-corrected chi connectivity index (χ2v) is 8.49. The van der Waals surface area contributed by atoms with Crippen molar-refractivity contribution in [1.29, 1.82) is 0 Å². The zero-order valence-electron chi connectivity index (χ0n) is 18.7. The van der Waals surface area contributed by atoms with Gasteiger partial charge in [0.25, 0.3) is 0 Å². The molecule has 4 rings (SSSR count). The van der Waals surface area contributed by atoms with Gasteiger partial charge in [0.1, 0.15) is 0 Å². The van der Waals surface area contributed by atoms with Gasteiger partial charge < -0.3 is 9.88 Å². The zero-order chi connectivity index (χ0) is 22.7. The Hall–Kier alpha value is -3.39. The molecule has 0 bridgehead atoms. The molecule has 0 saturated heterocycles. The van der Waals surface area contributed by atoms with E-state index in [0.717, 1.165) is 45.9 Å². The molecule has 2 heterocycles. The number of hydrogen-bond acceptors (Lipinski definition) is 5. The van der Waals surface area contributed by atoms with Gasteiger partial charge in [0.2, 0.25) is 5.91 Å². The van der Waals surface area contributed by atoms with Crippen LogP contribution in [0.4, 0.5) is 5.69 Å². The van der Waals surface area contributed by atoms with E-state index in [4.69, 9.17) is 0 Å². The summed E-state index contributed by atoms with van der Waals surface area (Å²) < 4.78 is 3.89. The lowest BCUT2D eigenvalue weighted by Crippen LogP contribution is -2.16. The number of aryl methyl sites for hydroxylation is 2. The molecule has 0 aliphatic carbocycles.